The van der Waals surface area contributed by atoms with Gasteiger partial charge in [-0.3, -0.25) is 14.4 Å². The highest BCUT2D eigenvalue weighted by atomic mass is 35.5. The van der Waals surface area contributed by atoms with Crippen LogP contribution in [0.15, 0.2) is 60.7 Å². The van der Waals surface area contributed by atoms with E-state index in [0.717, 1.165) is 11.1 Å². The maximum Gasteiger partial charge on any atom is 0.239 e. The summed E-state index contributed by atoms with van der Waals surface area (Å²) in [5.74, 6) is -0.750. The zero-order valence-corrected chi connectivity index (χ0v) is 32.4. The molecule has 2 aromatic carbocycles. The molecule has 0 radical (unpaired) electrons. The van der Waals surface area contributed by atoms with E-state index in [0.29, 0.717) is 13.1 Å². The molecule has 0 aliphatic rings. The summed E-state index contributed by atoms with van der Waals surface area (Å²) < 4.78 is 9.76. The Labute approximate surface area is 309 Å². The van der Waals surface area contributed by atoms with E-state index in [2.05, 4.69) is 47.9 Å². The number of ether oxygens (including phenoxy) is 2. The van der Waals surface area contributed by atoms with E-state index in [1.54, 1.807) is 0 Å². The Morgan fingerprint density at radius 1 is 0.750 bits per heavy atom. The Kier molecular flexibility index (Phi) is 41.1. The fourth-order valence-corrected chi connectivity index (χ4v) is 3.55. The van der Waals surface area contributed by atoms with Gasteiger partial charge in [0.25, 0.3) is 0 Å². The molecular weight excluding hydrogens is 702 g/mol. The number of hydrogen-bond donors (Lipinski definition) is 3. The monoisotopic (exact) mass is 756 g/mol. The van der Waals surface area contributed by atoms with E-state index in [-0.39, 0.29) is 60.2 Å². The summed E-state index contributed by atoms with van der Waals surface area (Å²) in [6.07, 6.45) is 0.217. The van der Waals surface area contributed by atoms with Crippen LogP contribution >= 0.6 is 47.2 Å². The third kappa shape index (κ3) is 35.0. The molecule has 0 aromatic heterocycles. The van der Waals surface area contributed by atoms with Gasteiger partial charge in [-0.1, -0.05) is 81.4 Å². The lowest BCUT2D eigenvalue weighted by Gasteiger charge is -2.14. The van der Waals surface area contributed by atoms with Gasteiger partial charge < -0.3 is 35.5 Å². The number of rotatable bonds is 15. The van der Waals surface area contributed by atoms with Crippen LogP contribution in [0.1, 0.15) is 52.2 Å². The largest absolute Gasteiger partial charge is 0.384 e. The van der Waals surface area contributed by atoms with Gasteiger partial charge in [0.2, 0.25) is 17.1 Å². The Bertz CT molecular complexity index is 1040. The molecule has 2 atom stereocenters. The third-order valence-corrected chi connectivity index (χ3v) is 5.92. The lowest BCUT2D eigenvalue weighted by Crippen LogP contribution is -2.43. The van der Waals surface area contributed by atoms with Gasteiger partial charge in [0.1, 0.15) is 11.8 Å². The minimum absolute atomic E-state index is 0. The summed E-state index contributed by atoms with van der Waals surface area (Å²) in [4.78, 5) is 45.9. The minimum Gasteiger partial charge on any atom is -0.384 e. The van der Waals surface area contributed by atoms with Crippen molar-refractivity contribution in [1.82, 2.24) is 15.5 Å². The van der Waals surface area contributed by atoms with Crippen molar-refractivity contribution in [2.45, 2.75) is 60.2 Å². The van der Waals surface area contributed by atoms with Crippen LogP contribution < -0.4 is 16.4 Å². The van der Waals surface area contributed by atoms with Crippen molar-refractivity contribution in [3.05, 3.63) is 71.8 Å². The number of halogens is 4. The molecule has 0 heterocycles. The number of carbonyl (C=O) groups is 4. The predicted octanol–water partition coefficient (Wildman–Crippen LogP) is 5.78. The summed E-state index contributed by atoms with van der Waals surface area (Å²) in [6.45, 7) is 14.4. The van der Waals surface area contributed by atoms with E-state index in [4.69, 9.17) is 38.4 Å². The fourth-order valence-electron chi connectivity index (χ4n) is 3.55. The first kappa shape index (κ1) is 52.5. The molecule has 2 amide bonds. The van der Waals surface area contributed by atoms with Crippen LogP contribution in [-0.4, -0.2) is 86.2 Å². The van der Waals surface area contributed by atoms with Gasteiger partial charge in [-0.2, -0.15) is 0 Å². The van der Waals surface area contributed by atoms with Crippen molar-refractivity contribution >= 4 is 70.0 Å². The van der Waals surface area contributed by atoms with Crippen LogP contribution in [0.4, 0.5) is 0 Å². The highest BCUT2D eigenvalue weighted by molar-refractivity contribution is 6.62. The Morgan fingerprint density at radius 2 is 1.10 bits per heavy atom. The second kappa shape index (κ2) is 37.5. The number of ketones is 1. The molecule has 2 aromatic rings. The highest BCUT2D eigenvalue weighted by Gasteiger charge is 2.19. The summed E-state index contributed by atoms with van der Waals surface area (Å²) >= 11 is 14.2. The fraction of sp³-hybridized carbons (Fsp3) is 0.529. The van der Waals surface area contributed by atoms with Gasteiger partial charge in [0.05, 0.1) is 24.5 Å². The maximum absolute atomic E-state index is 11.9. The zero-order valence-electron chi connectivity index (χ0n) is 29.3. The van der Waals surface area contributed by atoms with Crippen molar-refractivity contribution in [1.29, 1.82) is 0 Å². The number of methoxy groups -OCH3 is 2. The molecule has 10 nitrogen and oxygen atoms in total. The van der Waals surface area contributed by atoms with Gasteiger partial charge in [0.15, 0.2) is 0 Å². The number of hydrogen-bond acceptors (Lipinski definition) is 8. The molecule has 0 unspecified atom stereocenters. The predicted molar refractivity (Wildman–Crippen MR) is 201 cm³/mol. The molecular formula is C34H56Cl4N4O6. The Hall–Kier alpha value is -2.28. The molecule has 2 rings (SSSR count). The van der Waals surface area contributed by atoms with Crippen LogP contribution in [0, 0.1) is 5.92 Å². The smallest absolute Gasteiger partial charge is 0.239 e. The molecule has 0 spiro atoms. The molecule has 4 N–H and O–H groups in total. The van der Waals surface area contributed by atoms with Gasteiger partial charge in [0, 0.05) is 40.7 Å². The van der Waals surface area contributed by atoms with Crippen LogP contribution in [0.25, 0.3) is 0 Å². The molecule has 276 valence electrons. The summed E-state index contributed by atoms with van der Waals surface area (Å²) in [5, 5.41) is 5.39. The molecule has 0 fully saturated rings. The van der Waals surface area contributed by atoms with Gasteiger partial charge >= 0.3 is 0 Å². The molecule has 0 aliphatic heterocycles. The van der Waals surface area contributed by atoms with E-state index in [1.807, 2.05) is 60.7 Å². The van der Waals surface area contributed by atoms with E-state index in [9.17, 15) is 19.2 Å². The lowest BCUT2D eigenvalue weighted by atomic mass is 10.0. The summed E-state index contributed by atoms with van der Waals surface area (Å²) in [5.41, 5.74) is 7.64. The van der Waals surface area contributed by atoms with Crippen molar-refractivity contribution in [2.24, 2.45) is 11.7 Å². The van der Waals surface area contributed by atoms with E-state index in [1.165, 1.54) is 47.7 Å². The average molecular weight is 759 g/mol. The minimum atomic E-state index is -0.598. The molecule has 0 aliphatic carbocycles. The number of benzene rings is 2. The second-order valence-electron chi connectivity index (χ2n) is 9.72. The summed E-state index contributed by atoms with van der Waals surface area (Å²) in [7, 11) is 3.04. The molecule has 0 saturated carbocycles. The Balaban J connectivity index is -0.000000289. The van der Waals surface area contributed by atoms with E-state index < -0.39 is 12.0 Å². The van der Waals surface area contributed by atoms with E-state index >= 15 is 0 Å². The number of carbonyl (C=O) groups excluding carboxylic acids is 4. The number of nitrogens with zero attached hydrogens (tertiary/aromatic N) is 1. The number of alkyl halides is 2. The van der Waals surface area contributed by atoms with Crippen LogP contribution in [0.3, 0.4) is 0 Å². The van der Waals surface area contributed by atoms with Gasteiger partial charge in [-0.25, -0.2) is 0 Å². The highest BCUT2D eigenvalue weighted by Crippen LogP contribution is 2.06. The van der Waals surface area contributed by atoms with Crippen LogP contribution in [-0.2, 0) is 41.7 Å². The number of Topliss-reactive ketones (excluding diaryl/α,β-unsaturated/α-hetero) is 1. The Morgan fingerprint density at radius 3 is 1.40 bits per heavy atom. The lowest BCUT2D eigenvalue weighted by molar-refractivity contribution is -0.130. The van der Waals surface area contributed by atoms with Crippen molar-refractivity contribution < 1.29 is 28.7 Å². The first-order chi connectivity index (χ1) is 22.4. The van der Waals surface area contributed by atoms with Crippen molar-refractivity contribution in [2.75, 3.05) is 52.4 Å². The number of nitrogens with one attached hydrogen (secondary N) is 2. The molecule has 48 heavy (non-hydrogen) atoms. The standard InChI is InChI=1S/C14H19NO3.C11H16N2O2.C6H15N.C2H3ClO.CH2Cl2.ClH/c1-11(16)8-13(10-18-2)14(17)15-9-12-6-4-3-5-7-12;1-15-8-10(12)11(14)13-7-9-5-3-2-4-6-9;1-4-7(5-2)6-3;1-2(3)4;2-1-3;/h3-7,13H,8-10H2,1-2H3,(H,15,17);2-6,10H,7-8,12H2,1H3,(H,13,14);4-6H2,1-3H3;1H3;1H2;1H/t13-;10-;;;;/m11..../s1. The topological polar surface area (TPSA) is 140 Å². The molecule has 0 saturated heterocycles. The molecule has 14 heteroatoms. The first-order valence-corrected chi connectivity index (χ1v) is 16.7. The van der Waals surface area contributed by atoms with Crippen molar-refractivity contribution in [3.8, 4) is 0 Å². The van der Waals surface area contributed by atoms with Crippen LogP contribution in [0.5, 0.6) is 0 Å². The maximum atomic E-state index is 11.9. The second-order valence-corrected chi connectivity index (χ2v) is 11.1. The summed E-state index contributed by atoms with van der Waals surface area (Å²) in [6, 6.07) is 18.7. The van der Waals surface area contributed by atoms with Crippen molar-refractivity contribution in [3.63, 3.8) is 0 Å². The SMILES string of the molecule is CC(=O)Cl.CCN(CC)CC.COC[C@@H](CC(C)=O)C(=O)NCc1ccccc1.COC[C@@H](N)C(=O)NCc1ccccc1.Cl.ClCCl. The van der Waals surface area contributed by atoms with Crippen LogP contribution in [0.2, 0.25) is 0 Å². The quantitative estimate of drug-likeness (QED) is 0.154. The third-order valence-electron chi connectivity index (χ3n) is 5.92. The number of nitrogens with two attached hydrogens (primary N) is 1. The van der Waals surface area contributed by atoms with Gasteiger partial charge in [-0.15, -0.1) is 35.6 Å². The first-order valence-electron chi connectivity index (χ1n) is 15.2. The average Bonchev–Trinajstić information content (AvgIpc) is 3.05. The normalized spacial score (nSPS) is 10.7. The van der Waals surface area contributed by atoms with Gasteiger partial charge in [-0.05, 0) is 49.3 Å². The molecule has 0 bridgehead atoms. The zero-order chi connectivity index (χ0) is 36.5. The number of amides is 2.